The van der Waals surface area contributed by atoms with Gasteiger partial charge in [-0.2, -0.15) is 0 Å². The standard InChI is InChI=1S/C21H20FN7/c22-15-5-1-3-7-17(15)27-9-11-28(12-10-27)20-19(23)21(25-13-24-20)29-14-26-16-6-2-4-8-18(16)29/h1-8,13-14H,9-12,23H2. The summed E-state index contributed by atoms with van der Waals surface area (Å²) in [6.07, 6.45) is 3.25. The smallest absolute Gasteiger partial charge is 0.167 e. The number of hydrogen-bond acceptors (Lipinski definition) is 6. The molecule has 29 heavy (non-hydrogen) atoms. The lowest BCUT2D eigenvalue weighted by Gasteiger charge is -2.37. The number of aromatic nitrogens is 4. The Morgan fingerprint density at radius 2 is 1.48 bits per heavy atom. The number of para-hydroxylation sites is 3. The Kier molecular flexibility index (Phi) is 4.23. The molecule has 0 amide bonds. The first-order valence-electron chi connectivity index (χ1n) is 9.50. The zero-order valence-corrected chi connectivity index (χ0v) is 15.7. The Hall–Kier alpha value is -3.68. The molecule has 0 radical (unpaired) electrons. The molecule has 146 valence electrons. The first-order valence-corrected chi connectivity index (χ1v) is 9.50. The van der Waals surface area contributed by atoms with E-state index in [-0.39, 0.29) is 5.82 Å². The molecule has 0 unspecified atom stereocenters. The molecule has 0 aliphatic carbocycles. The maximum absolute atomic E-state index is 14.1. The highest BCUT2D eigenvalue weighted by Crippen LogP contribution is 2.29. The van der Waals surface area contributed by atoms with Gasteiger partial charge in [0.25, 0.3) is 0 Å². The summed E-state index contributed by atoms with van der Waals surface area (Å²) in [4.78, 5) is 17.4. The van der Waals surface area contributed by atoms with Crippen LogP contribution >= 0.6 is 0 Å². The van der Waals surface area contributed by atoms with Crippen molar-refractivity contribution in [3.8, 4) is 5.82 Å². The van der Waals surface area contributed by atoms with Crippen molar-refractivity contribution in [2.45, 2.75) is 0 Å². The number of halogens is 1. The minimum Gasteiger partial charge on any atom is -0.393 e. The maximum atomic E-state index is 14.1. The zero-order chi connectivity index (χ0) is 19.8. The van der Waals surface area contributed by atoms with Crippen molar-refractivity contribution in [3.05, 3.63) is 67.0 Å². The summed E-state index contributed by atoms with van der Waals surface area (Å²) in [6.45, 7) is 2.76. The fraction of sp³-hybridized carbons (Fsp3) is 0.190. The van der Waals surface area contributed by atoms with E-state index in [4.69, 9.17) is 5.73 Å². The molecule has 0 bridgehead atoms. The van der Waals surface area contributed by atoms with Crippen LogP contribution in [-0.2, 0) is 0 Å². The first-order chi connectivity index (χ1) is 14.2. The Balaban J connectivity index is 1.42. The molecule has 1 fully saturated rings. The van der Waals surface area contributed by atoms with Gasteiger partial charge in [0.2, 0.25) is 0 Å². The second-order valence-corrected chi connectivity index (χ2v) is 6.96. The minimum atomic E-state index is -0.197. The lowest BCUT2D eigenvalue weighted by Crippen LogP contribution is -2.47. The number of piperazine rings is 1. The largest absolute Gasteiger partial charge is 0.393 e. The minimum absolute atomic E-state index is 0.197. The Morgan fingerprint density at radius 1 is 0.793 bits per heavy atom. The molecule has 7 nitrogen and oxygen atoms in total. The van der Waals surface area contributed by atoms with Crippen LogP contribution in [0, 0.1) is 5.82 Å². The summed E-state index contributed by atoms with van der Waals surface area (Å²) >= 11 is 0. The van der Waals surface area contributed by atoms with E-state index in [0.29, 0.717) is 49.2 Å². The molecule has 5 rings (SSSR count). The van der Waals surface area contributed by atoms with Crippen molar-refractivity contribution in [2.75, 3.05) is 41.7 Å². The molecule has 0 spiro atoms. The van der Waals surface area contributed by atoms with E-state index in [1.165, 1.54) is 12.4 Å². The summed E-state index contributed by atoms with van der Waals surface area (Å²) in [5.74, 6) is 1.11. The summed E-state index contributed by atoms with van der Waals surface area (Å²) in [7, 11) is 0. The highest BCUT2D eigenvalue weighted by Gasteiger charge is 2.23. The van der Waals surface area contributed by atoms with E-state index >= 15 is 0 Å². The van der Waals surface area contributed by atoms with Crippen molar-refractivity contribution >= 4 is 28.2 Å². The van der Waals surface area contributed by atoms with Crippen molar-refractivity contribution < 1.29 is 4.39 Å². The molecule has 4 aromatic rings. The summed E-state index contributed by atoms with van der Waals surface area (Å²) in [5, 5.41) is 0. The SMILES string of the molecule is Nc1c(N2CCN(c3ccccc3F)CC2)ncnc1-n1cnc2ccccc21. The number of fused-ring (bicyclic) bond motifs is 1. The number of hydrogen-bond donors (Lipinski definition) is 1. The molecule has 3 heterocycles. The first kappa shape index (κ1) is 17.4. The number of imidazole rings is 1. The predicted octanol–water partition coefficient (Wildman–Crippen LogP) is 2.86. The zero-order valence-electron chi connectivity index (χ0n) is 15.7. The van der Waals surface area contributed by atoms with Crippen molar-refractivity contribution in [1.29, 1.82) is 0 Å². The van der Waals surface area contributed by atoms with Crippen LogP contribution in [0.4, 0.5) is 21.6 Å². The van der Waals surface area contributed by atoms with Gasteiger partial charge in [0.05, 0.1) is 16.7 Å². The number of nitrogen functional groups attached to an aromatic ring is 1. The molecular weight excluding hydrogens is 369 g/mol. The Morgan fingerprint density at radius 3 is 2.31 bits per heavy atom. The molecule has 0 atom stereocenters. The molecule has 1 saturated heterocycles. The van der Waals surface area contributed by atoms with Crippen LogP contribution < -0.4 is 15.5 Å². The predicted molar refractivity (Wildman–Crippen MR) is 112 cm³/mol. The second kappa shape index (κ2) is 7.05. The third-order valence-electron chi connectivity index (χ3n) is 5.30. The molecule has 1 aliphatic heterocycles. The number of nitrogens with two attached hydrogens (primary N) is 1. The molecular formula is C21H20FN7. The molecule has 1 aliphatic rings. The lowest BCUT2D eigenvalue weighted by atomic mass is 10.2. The van der Waals surface area contributed by atoms with Gasteiger partial charge in [0.1, 0.15) is 24.2 Å². The summed E-state index contributed by atoms with van der Waals surface area (Å²) in [5.41, 5.74) is 9.44. The van der Waals surface area contributed by atoms with E-state index < -0.39 is 0 Å². The van der Waals surface area contributed by atoms with Crippen LogP contribution in [0.3, 0.4) is 0 Å². The van der Waals surface area contributed by atoms with Crippen molar-refractivity contribution in [3.63, 3.8) is 0 Å². The van der Waals surface area contributed by atoms with Crippen LogP contribution in [0.25, 0.3) is 16.9 Å². The van der Waals surface area contributed by atoms with Crippen LogP contribution in [0.5, 0.6) is 0 Å². The Labute approximate surface area is 167 Å². The highest BCUT2D eigenvalue weighted by molar-refractivity contribution is 5.80. The van der Waals surface area contributed by atoms with Crippen molar-refractivity contribution in [2.24, 2.45) is 0 Å². The molecule has 2 N–H and O–H groups in total. The second-order valence-electron chi connectivity index (χ2n) is 6.96. The molecule has 2 aromatic carbocycles. The van der Waals surface area contributed by atoms with Gasteiger partial charge in [-0.3, -0.25) is 4.57 Å². The molecule has 8 heteroatoms. The van der Waals surface area contributed by atoms with Crippen molar-refractivity contribution in [1.82, 2.24) is 19.5 Å². The molecule has 2 aromatic heterocycles. The van der Waals surface area contributed by atoms with E-state index in [2.05, 4.69) is 19.9 Å². The van der Waals surface area contributed by atoms with Gasteiger partial charge in [0, 0.05) is 26.2 Å². The average molecular weight is 389 g/mol. The van der Waals surface area contributed by atoms with E-state index in [0.717, 1.165) is 11.0 Å². The lowest BCUT2D eigenvalue weighted by molar-refractivity contribution is 0.596. The van der Waals surface area contributed by atoms with E-state index in [1.54, 1.807) is 12.4 Å². The van der Waals surface area contributed by atoms with Gasteiger partial charge in [0.15, 0.2) is 11.6 Å². The number of rotatable bonds is 3. The number of benzene rings is 2. The van der Waals surface area contributed by atoms with Gasteiger partial charge in [-0.05, 0) is 24.3 Å². The van der Waals surface area contributed by atoms with Gasteiger partial charge < -0.3 is 15.5 Å². The average Bonchev–Trinajstić information content (AvgIpc) is 3.19. The topological polar surface area (TPSA) is 76.1 Å². The quantitative estimate of drug-likeness (QED) is 0.581. The third-order valence-corrected chi connectivity index (χ3v) is 5.30. The van der Waals surface area contributed by atoms with Gasteiger partial charge in [-0.15, -0.1) is 0 Å². The van der Waals surface area contributed by atoms with Gasteiger partial charge in [-0.1, -0.05) is 24.3 Å². The van der Waals surface area contributed by atoms with Crippen LogP contribution in [0.1, 0.15) is 0 Å². The maximum Gasteiger partial charge on any atom is 0.167 e. The molecule has 0 saturated carbocycles. The van der Waals surface area contributed by atoms with Crippen LogP contribution in [-0.4, -0.2) is 45.7 Å². The van der Waals surface area contributed by atoms with Crippen LogP contribution in [0.2, 0.25) is 0 Å². The fourth-order valence-electron chi connectivity index (χ4n) is 3.82. The monoisotopic (exact) mass is 389 g/mol. The summed E-state index contributed by atoms with van der Waals surface area (Å²) in [6, 6.07) is 14.7. The normalized spacial score (nSPS) is 14.5. The Bertz CT molecular complexity index is 1160. The fourth-order valence-corrected chi connectivity index (χ4v) is 3.82. The van der Waals surface area contributed by atoms with Crippen LogP contribution in [0.15, 0.2) is 61.2 Å². The number of anilines is 3. The number of nitrogens with zero attached hydrogens (tertiary/aromatic N) is 6. The van der Waals surface area contributed by atoms with Gasteiger partial charge >= 0.3 is 0 Å². The van der Waals surface area contributed by atoms with E-state index in [9.17, 15) is 4.39 Å². The van der Waals surface area contributed by atoms with Gasteiger partial charge in [-0.25, -0.2) is 19.3 Å². The summed E-state index contributed by atoms with van der Waals surface area (Å²) < 4.78 is 16.0. The highest BCUT2D eigenvalue weighted by atomic mass is 19.1. The third kappa shape index (κ3) is 3.02. The van der Waals surface area contributed by atoms with E-state index in [1.807, 2.05) is 45.9 Å².